The number of rotatable bonds is 51. The van der Waals surface area contributed by atoms with Gasteiger partial charge in [0.25, 0.3) is 0 Å². The molecule has 66 heavy (non-hydrogen) atoms. The molecule has 0 heterocycles. The topological polar surface area (TPSA) is 95.9 Å². The number of aliphatic hydroxyl groups is 2. The molecule has 1 amide bonds. The standard InChI is InChI=1S/C60H109NO5/c1-4-7-10-13-16-19-22-25-27-29-31-33-35-38-41-44-47-50-53-60(65)66-56(51-48-45-42-39-36-34-32-30-28-26-23-20-17-14-11-8-5-2)54-59(64)61-57(55-62)58(63)52-49-46-43-40-37-24-21-18-15-12-9-6-3/h10,13,16,19,22,25,27,29,31,33,56-58,62-63H,4-9,11-12,14-15,17-18,20-21,23-24,26,28,30,32,34-55H2,1-3H3,(H,61,64)/b13-10+,19-16+,25-22+,29-27+,33-31+. The van der Waals surface area contributed by atoms with Crippen LogP contribution in [0.1, 0.15) is 284 Å². The van der Waals surface area contributed by atoms with Gasteiger partial charge in [-0.15, -0.1) is 0 Å². The van der Waals surface area contributed by atoms with E-state index in [1.807, 2.05) is 24.3 Å². The fourth-order valence-electron chi connectivity index (χ4n) is 8.64. The van der Waals surface area contributed by atoms with Gasteiger partial charge in [-0.3, -0.25) is 9.59 Å². The summed E-state index contributed by atoms with van der Waals surface area (Å²) in [5, 5.41) is 23.8. The summed E-state index contributed by atoms with van der Waals surface area (Å²) >= 11 is 0. The largest absolute Gasteiger partial charge is 0.462 e. The minimum absolute atomic E-state index is 0.0686. The van der Waals surface area contributed by atoms with Crippen molar-refractivity contribution in [3.8, 4) is 0 Å². The quantitative estimate of drug-likeness (QED) is 0.0321. The normalized spacial score (nSPS) is 13.6. The molecule has 0 aromatic rings. The third-order valence-corrected chi connectivity index (χ3v) is 13.0. The second kappa shape index (κ2) is 53.5. The molecular weight excluding hydrogens is 815 g/mol. The molecule has 384 valence electrons. The minimum Gasteiger partial charge on any atom is -0.462 e. The van der Waals surface area contributed by atoms with Crippen LogP contribution in [0.15, 0.2) is 60.8 Å². The molecule has 0 radical (unpaired) electrons. The molecule has 6 nitrogen and oxygen atoms in total. The van der Waals surface area contributed by atoms with E-state index in [0.717, 1.165) is 77.0 Å². The van der Waals surface area contributed by atoms with E-state index in [4.69, 9.17) is 4.74 Å². The molecule has 0 rings (SSSR count). The number of nitrogens with one attached hydrogen (secondary N) is 1. The van der Waals surface area contributed by atoms with Gasteiger partial charge in [0.15, 0.2) is 0 Å². The highest BCUT2D eigenvalue weighted by Crippen LogP contribution is 2.19. The van der Waals surface area contributed by atoms with Crippen LogP contribution < -0.4 is 5.32 Å². The summed E-state index contributed by atoms with van der Waals surface area (Å²) in [4.78, 5) is 26.3. The lowest BCUT2D eigenvalue weighted by Gasteiger charge is -2.24. The van der Waals surface area contributed by atoms with Gasteiger partial charge in [0.1, 0.15) is 6.10 Å². The smallest absolute Gasteiger partial charge is 0.306 e. The first-order valence-electron chi connectivity index (χ1n) is 28.6. The minimum atomic E-state index is -0.793. The van der Waals surface area contributed by atoms with E-state index in [2.05, 4.69) is 62.5 Å². The Hall–Kier alpha value is -2.44. The van der Waals surface area contributed by atoms with Gasteiger partial charge in [0.2, 0.25) is 5.91 Å². The van der Waals surface area contributed by atoms with Gasteiger partial charge >= 0.3 is 5.97 Å². The van der Waals surface area contributed by atoms with Crippen LogP contribution in [-0.2, 0) is 14.3 Å². The first kappa shape index (κ1) is 63.6. The Bertz CT molecular complexity index is 1170. The summed E-state index contributed by atoms with van der Waals surface area (Å²) in [5.74, 6) is -0.491. The maximum atomic E-state index is 13.3. The lowest BCUT2D eigenvalue weighted by atomic mass is 10.0. The van der Waals surface area contributed by atoms with Gasteiger partial charge in [-0.1, -0.05) is 287 Å². The maximum Gasteiger partial charge on any atom is 0.306 e. The molecule has 0 saturated heterocycles. The average molecular weight is 925 g/mol. The van der Waals surface area contributed by atoms with Crippen LogP contribution in [0, 0.1) is 0 Å². The van der Waals surface area contributed by atoms with E-state index in [9.17, 15) is 19.8 Å². The Labute approximate surface area is 409 Å². The Morgan fingerprint density at radius 3 is 1.23 bits per heavy atom. The van der Waals surface area contributed by atoms with Gasteiger partial charge in [-0.2, -0.15) is 0 Å². The number of esters is 1. The first-order chi connectivity index (χ1) is 32.5. The predicted molar refractivity (Wildman–Crippen MR) is 287 cm³/mol. The molecule has 6 heteroatoms. The molecule has 3 N–H and O–H groups in total. The summed E-state index contributed by atoms with van der Waals surface area (Å²) in [6.45, 7) is 6.41. The summed E-state index contributed by atoms with van der Waals surface area (Å²) in [6, 6.07) is -0.707. The van der Waals surface area contributed by atoms with Gasteiger partial charge < -0.3 is 20.3 Å². The van der Waals surface area contributed by atoms with Crippen molar-refractivity contribution in [3.63, 3.8) is 0 Å². The van der Waals surface area contributed by atoms with Crippen LogP contribution in [0.3, 0.4) is 0 Å². The number of ether oxygens (including phenoxy) is 1. The maximum absolute atomic E-state index is 13.3. The van der Waals surface area contributed by atoms with Gasteiger partial charge in [-0.25, -0.2) is 0 Å². The average Bonchev–Trinajstić information content (AvgIpc) is 3.31. The highest BCUT2D eigenvalue weighted by Gasteiger charge is 2.24. The monoisotopic (exact) mass is 924 g/mol. The van der Waals surface area contributed by atoms with E-state index in [1.165, 1.54) is 161 Å². The zero-order chi connectivity index (χ0) is 48.1. The Morgan fingerprint density at radius 2 is 0.803 bits per heavy atom. The summed E-state index contributed by atoms with van der Waals surface area (Å²) < 4.78 is 5.96. The van der Waals surface area contributed by atoms with Crippen molar-refractivity contribution in [1.82, 2.24) is 5.32 Å². The number of allylic oxidation sites excluding steroid dienone is 10. The molecule has 0 aliphatic rings. The molecular formula is C60H109NO5. The number of hydrogen-bond acceptors (Lipinski definition) is 5. The summed E-state index contributed by atoms with van der Waals surface area (Å²) in [6.07, 6.45) is 67.0. The first-order valence-corrected chi connectivity index (χ1v) is 28.6. The van der Waals surface area contributed by atoms with Crippen molar-refractivity contribution in [2.45, 2.75) is 302 Å². The molecule has 0 aliphatic heterocycles. The van der Waals surface area contributed by atoms with E-state index < -0.39 is 18.2 Å². The zero-order valence-corrected chi connectivity index (χ0v) is 43.8. The second-order valence-corrected chi connectivity index (χ2v) is 19.5. The Morgan fingerprint density at radius 1 is 0.439 bits per heavy atom. The second-order valence-electron chi connectivity index (χ2n) is 19.5. The third-order valence-electron chi connectivity index (χ3n) is 13.0. The fraction of sp³-hybridized carbons (Fsp3) is 0.800. The third kappa shape index (κ3) is 48.0. The predicted octanol–water partition coefficient (Wildman–Crippen LogP) is 17.6. The number of unbranched alkanes of at least 4 members (excludes halogenated alkanes) is 33. The van der Waals surface area contributed by atoms with E-state index >= 15 is 0 Å². The summed E-state index contributed by atoms with van der Waals surface area (Å²) in [5.41, 5.74) is 0. The van der Waals surface area contributed by atoms with Crippen molar-refractivity contribution in [2.24, 2.45) is 0 Å². The lowest BCUT2D eigenvalue weighted by molar-refractivity contribution is -0.151. The van der Waals surface area contributed by atoms with Crippen LogP contribution in [0.4, 0.5) is 0 Å². The highest BCUT2D eigenvalue weighted by molar-refractivity contribution is 5.77. The van der Waals surface area contributed by atoms with E-state index in [-0.39, 0.29) is 24.9 Å². The van der Waals surface area contributed by atoms with Crippen molar-refractivity contribution >= 4 is 11.9 Å². The summed E-state index contributed by atoms with van der Waals surface area (Å²) in [7, 11) is 0. The van der Waals surface area contributed by atoms with Crippen molar-refractivity contribution < 1.29 is 24.5 Å². The van der Waals surface area contributed by atoms with Crippen LogP contribution >= 0.6 is 0 Å². The van der Waals surface area contributed by atoms with Crippen LogP contribution in [0.25, 0.3) is 0 Å². The fourth-order valence-corrected chi connectivity index (χ4v) is 8.64. The Balaban J connectivity index is 4.61. The van der Waals surface area contributed by atoms with E-state index in [0.29, 0.717) is 19.3 Å². The molecule has 0 fully saturated rings. The molecule has 0 aromatic carbocycles. The van der Waals surface area contributed by atoms with Crippen molar-refractivity contribution in [2.75, 3.05) is 6.61 Å². The number of aliphatic hydroxyl groups excluding tert-OH is 2. The Kier molecular flexibility index (Phi) is 51.5. The SMILES string of the molecule is CCC/C=C/C=C/C=C/C=C/C=C/CCCCCCCC(=O)OC(CCCCCCCCCCCCCCCCCCC)CC(=O)NC(CO)C(O)CCCCCCCCCCCCCC. The molecule has 0 aromatic heterocycles. The van der Waals surface area contributed by atoms with Gasteiger partial charge in [-0.05, 0) is 44.9 Å². The van der Waals surface area contributed by atoms with E-state index in [1.54, 1.807) is 0 Å². The molecule has 3 atom stereocenters. The molecule has 0 saturated carbocycles. The number of amides is 1. The van der Waals surface area contributed by atoms with Crippen LogP contribution in [0.5, 0.6) is 0 Å². The molecule has 3 unspecified atom stereocenters. The van der Waals surface area contributed by atoms with Crippen molar-refractivity contribution in [3.05, 3.63) is 60.8 Å². The van der Waals surface area contributed by atoms with Crippen LogP contribution in [-0.4, -0.2) is 46.9 Å². The molecule has 0 spiro atoms. The van der Waals surface area contributed by atoms with Crippen LogP contribution in [0.2, 0.25) is 0 Å². The molecule has 0 aliphatic carbocycles. The van der Waals surface area contributed by atoms with Gasteiger partial charge in [0, 0.05) is 6.42 Å². The van der Waals surface area contributed by atoms with Crippen molar-refractivity contribution in [1.29, 1.82) is 0 Å². The zero-order valence-electron chi connectivity index (χ0n) is 43.8. The lowest BCUT2D eigenvalue weighted by Crippen LogP contribution is -2.46. The number of carbonyl (C=O) groups is 2. The van der Waals surface area contributed by atoms with Gasteiger partial charge in [0.05, 0.1) is 25.2 Å². The highest BCUT2D eigenvalue weighted by atomic mass is 16.5. The molecule has 0 bridgehead atoms. The number of hydrogen-bond donors (Lipinski definition) is 3. The number of carbonyl (C=O) groups excluding carboxylic acids is 2.